The molecule has 1 aromatic carbocycles. The van der Waals surface area contributed by atoms with Gasteiger partial charge in [0.25, 0.3) is 0 Å². The minimum Gasteiger partial charge on any atom is -0.438 e. The van der Waals surface area contributed by atoms with Gasteiger partial charge >= 0.3 is 0 Å². The fraction of sp³-hybridized carbons (Fsp3) is 0.100. The van der Waals surface area contributed by atoms with Crippen molar-refractivity contribution in [2.24, 2.45) is 0 Å². The SMILES string of the molecule is FCc1cnc(-c2ccccc2Cl)o1. The summed E-state index contributed by atoms with van der Waals surface area (Å²) in [5.74, 6) is 0.558. The van der Waals surface area contributed by atoms with Crippen LogP contribution in [0.4, 0.5) is 4.39 Å². The van der Waals surface area contributed by atoms with Crippen LogP contribution in [0, 0.1) is 0 Å². The molecule has 0 radical (unpaired) electrons. The molecule has 1 aromatic heterocycles. The molecule has 72 valence electrons. The van der Waals surface area contributed by atoms with Crippen molar-refractivity contribution in [2.75, 3.05) is 0 Å². The van der Waals surface area contributed by atoms with Crippen molar-refractivity contribution in [1.82, 2.24) is 4.98 Å². The van der Waals surface area contributed by atoms with E-state index in [1.54, 1.807) is 12.1 Å². The average molecular weight is 212 g/mol. The molecule has 2 rings (SSSR count). The number of oxazole rings is 1. The van der Waals surface area contributed by atoms with Crippen molar-refractivity contribution < 1.29 is 8.81 Å². The predicted octanol–water partition coefficient (Wildman–Crippen LogP) is 3.46. The van der Waals surface area contributed by atoms with Crippen LogP contribution in [0.2, 0.25) is 5.02 Å². The molecule has 0 bridgehead atoms. The van der Waals surface area contributed by atoms with E-state index in [9.17, 15) is 4.39 Å². The zero-order valence-electron chi connectivity index (χ0n) is 7.21. The van der Waals surface area contributed by atoms with Gasteiger partial charge in [-0.1, -0.05) is 23.7 Å². The molecule has 0 unspecified atom stereocenters. The minimum absolute atomic E-state index is 0.208. The number of hydrogen-bond acceptors (Lipinski definition) is 2. The molecule has 0 aliphatic heterocycles. The number of benzene rings is 1. The van der Waals surface area contributed by atoms with Crippen LogP contribution in [0.25, 0.3) is 11.5 Å². The van der Waals surface area contributed by atoms with Gasteiger partial charge in [-0.15, -0.1) is 0 Å². The Morgan fingerprint density at radius 2 is 2.14 bits per heavy atom. The first-order valence-electron chi connectivity index (χ1n) is 4.07. The Balaban J connectivity index is 2.44. The number of alkyl halides is 1. The number of nitrogens with zero attached hydrogens (tertiary/aromatic N) is 1. The summed E-state index contributed by atoms with van der Waals surface area (Å²) >= 11 is 5.92. The summed E-state index contributed by atoms with van der Waals surface area (Å²) in [4.78, 5) is 3.93. The van der Waals surface area contributed by atoms with Gasteiger partial charge in [-0.25, -0.2) is 9.37 Å². The molecule has 0 saturated carbocycles. The lowest BCUT2D eigenvalue weighted by Crippen LogP contribution is -1.77. The van der Waals surface area contributed by atoms with E-state index >= 15 is 0 Å². The lowest BCUT2D eigenvalue weighted by molar-refractivity contribution is 0.398. The third kappa shape index (κ3) is 1.63. The first-order chi connectivity index (χ1) is 6.81. The molecule has 0 atom stereocenters. The van der Waals surface area contributed by atoms with Crippen molar-refractivity contribution in [3.05, 3.63) is 41.2 Å². The van der Waals surface area contributed by atoms with Gasteiger partial charge in [0.15, 0.2) is 5.76 Å². The molecule has 2 aromatic rings. The number of aromatic nitrogens is 1. The first-order valence-corrected chi connectivity index (χ1v) is 4.44. The molecule has 0 aliphatic rings. The summed E-state index contributed by atoms with van der Waals surface area (Å²) < 4.78 is 17.3. The fourth-order valence-corrected chi connectivity index (χ4v) is 1.35. The Bertz CT molecular complexity index is 441. The second-order valence-electron chi connectivity index (χ2n) is 2.75. The van der Waals surface area contributed by atoms with E-state index in [4.69, 9.17) is 16.0 Å². The highest BCUT2D eigenvalue weighted by Gasteiger charge is 2.08. The zero-order chi connectivity index (χ0) is 9.97. The molecule has 1 heterocycles. The van der Waals surface area contributed by atoms with Crippen LogP contribution in [0.5, 0.6) is 0 Å². The van der Waals surface area contributed by atoms with E-state index in [1.165, 1.54) is 6.20 Å². The maximum absolute atomic E-state index is 12.2. The maximum Gasteiger partial charge on any atom is 0.227 e. The van der Waals surface area contributed by atoms with Crippen LogP contribution in [-0.2, 0) is 6.67 Å². The number of hydrogen-bond donors (Lipinski definition) is 0. The van der Waals surface area contributed by atoms with Crippen LogP contribution < -0.4 is 0 Å². The second kappa shape index (κ2) is 3.80. The van der Waals surface area contributed by atoms with Gasteiger partial charge < -0.3 is 4.42 Å². The summed E-state index contributed by atoms with van der Waals surface area (Å²) in [6.07, 6.45) is 1.36. The van der Waals surface area contributed by atoms with E-state index < -0.39 is 6.67 Å². The highest BCUT2D eigenvalue weighted by molar-refractivity contribution is 6.33. The Kier molecular flexibility index (Phi) is 2.50. The zero-order valence-corrected chi connectivity index (χ0v) is 7.96. The molecule has 0 aliphatic carbocycles. The lowest BCUT2D eigenvalue weighted by Gasteiger charge is -1.97. The Labute approximate surface area is 85.3 Å². The smallest absolute Gasteiger partial charge is 0.227 e. The summed E-state index contributed by atoms with van der Waals surface area (Å²) in [6, 6.07) is 7.14. The standard InChI is InChI=1S/C10H7ClFNO/c11-9-4-2-1-3-8(9)10-13-6-7(5-12)14-10/h1-4,6H,5H2. The van der Waals surface area contributed by atoms with Gasteiger partial charge in [-0.2, -0.15) is 0 Å². The third-order valence-corrected chi connectivity index (χ3v) is 2.12. The van der Waals surface area contributed by atoms with Crippen LogP contribution in [0.1, 0.15) is 5.76 Å². The lowest BCUT2D eigenvalue weighted by atomic mass is 10.2. The molecule has 4 heteroatoms. The second-order valence-corrected chi connectivity index (χ2v) is 3.15. The molecule has 0 amide bonds. The fourth-order valence-electron chi connectivity index (χ4n) is 1.13. The highest BCUT2D eigenvalue weighted by atomic mass is 35.5. The summed E-state index contributed by atoms with van der Waals surface area (Å²) in [6.45, 7) is -0.655. The van der Waals surface area contributed by atoms with E-state index in [1.807, 2.05) is 12.1 Å². The largest absolute Gasteiger partial charge is 0.438 e. The summed E-state index contributed by atoms with van der Waals surface area (Å²) in [5, 5.41) is 0.541. The van der Waals surface area contributed by atoms with Gasteiger partial charge in [0.1, 0.15) is 6.67 Å². The van der Waals surface area contributed by atoms with Crippen molar-refractivity contribution >= 4 is 11.6 Å². The average Bonchev–Trinajstić information content (AvgIpc) is 2.67. The third-order valence-electron chi connectivity index (χ3n) is 1.79. The Hall–Kier alpha value is -1.35. The van der Waals surface area contributed by atoms with Crippen molar-refractivity contribution in [3.8, 4) is 11.5 Å². The quantitative estimate of drug-likeness (QED) is 0.760. The number of rotatable bonds is 2. The van der Waals surface area contributed by atoms with E-state index in [2.05, 4.69) is 4.98 Å². The minimum atomic E-state index is -0.655. The van der Waals surface area contributed by atoms with Gasteiger partial charge in [0, 0.05) is 0 Å². The number of halogens is 2. The van der Waals surface area contributed by atoms with Crippen molar-refractivity contribution in [1.29, 1.82) is 0 Å². The van der Waals surface area contributed by atoms with E-state index in [-0.39, 0.29) is 5.76 Å². The Morgan fingerprint density at radius 3 is 2.79 bits per heavy atom. The summed E-state index contributed by atoms with van der Waals surface area (Å²) in [7, 11) is 0. The topological polar surface area (TPSA) is 26.0 Å². The molecule has 0 fully saturated rings. The van der Waals surface area contributed by atoms with Crippen LogP contribution in [0.3, 0.4) is 0 Å². The highest BCUT2D eigenvalue weighted by Crippen LogP contribution is 2.26. The van der Waals surface area contributed by atoms with Gasteiger partial charge in [0.2, 0.25) is 5.89 Å². The van der Waals surface area contributed by atoms with E-state index in [0.29, 0.717) is 16.5 Å². The van der Waals surface area contributed by atoms with Gasteiger partial charge in [-0.3, -0.25) is 0 Å². The van der Waals surface area contributed by atoms with Gasteiger partial charge in [-0.05, 0) is 12.1 Å². The van der Waals surface area contributed by atoms with Crippen LogP contribution >= 0.6 is 11.6 Å². The monoisotopic (exact) mass is 211 g/mol. The molecular formula is C10H7ClFNO. The predicted molar refractivity (Wildman–Crippen MR) is 51.8 cm³/mol. The van der Waals surface area contributed by atoms with Crippen LogP contribution in [0.15, 0.2) is 34.9 Å². The molecule has 0 N–H and O–H groups in total. The molecule has 0 saturated heterocycles. The van der Waals surface area contributed by atoms with Crippen LogP contribution in [-0.4, -0.2) is 4.98 Å². The molecule has 14 heavy (non-hydrogen) atoms. The first kappa shape index (κ1) is 9.21. The van der Waals surface area contributed by atoms with Crippen molar-refractivity contribution in [3.63, 3.8) is 0 Å². The molecule has 0 spiro atoms. The maximum atomic E-state index is 12.2. The van der Waals surface area contributed by atoms with Crippen molar-refractivity contribution in [2.45, 2.75) is 6.67 Å². The Morgan fingerprint density at radius 1 is 1.36 bits per heavy atom. The normalized spacial score (nSPS) is 10.4. The van der Waals surface area contributed by atoms with E-state index in [0.717, 1.165) is 0 Å². The molecule has 2 nitrogen and oxygen atoms in total. The van der Waals surface area contributed by atoms with Gasteiger partial charge in [0.05, 0.1) is 16.8 Å². The molecular weight excluding hydrogens is 205 g/mol. The summed E-state index contributed by atoms with van der Waals surface area (Å²) in [5.41, 5.74) is 0.675.